The van der Waals surface area contributed by atoms with Crippen molar-refractivity contribution in [3.63, 3.8) is 0 Å². The van der Waals surface area contributed by atoms with Gasteiger partial charge in [-0.15, -0.1) is 0 Å². The number of anilines is 2. The molecule has 0 aliphatic heterocycles. The van der Waals surface area contributed by atoms with Crippen molar-refractivity contribution in [2.24, 2.45) is 0 Å². The van der Waals surface area contributed by atoms with Crippen LogP contribution in [0.3, 0.4) is 0 Å². The lowest BCUT2D eigenvalue weighted by atomic mass is 10.1. The maximum absolute atomic E-state index is 11.9. The Bertz CT molecular complexity index is 979. The summed E-state index contributed by atoms with van der Waals surface area (Å²) in [6.45, 7) is -0.417. The van der Waals surface area contributed by atoms with Gasteiger partial charge in [-0.3, -0.25) is 9.59 Å². The highest BCUT2D eigenvalue weighted by Crippen LogP contribution is 2.24. The summed E-state index contributed by atoms with van der Waals surface area (Å²) in [6, 6.07) is 18.4. The van der Waals surface area contributed by atoms with E-state index in [1.807, 2.05) is 42.7 Å². The Hall–Kier alpha value is -3.39. The van der Waals surface area contributed by atoms with Gasteiger partial charge in [-0.1, -0.05) is 42.1 Å². The molecule has 7 nitrogen and oxygen atoms in total. The van der Waals surface area contributed by atoms with Crippen LogP contribution < -0.4 is 10.6 Å². The molecule has 0 saturated carbocycles. The summed E-state index contributed by atoms with van der Waals surface area (Å²) in [4.78, 5) is 31.4. The second-order valence-corrected chi connectivity index (χ2v) is 6.54. The molecule has 1 aromatic heterocycles. The van der Waals surface area contributed by atoms with Crippen molar-refractivity contribution in [1.29, 1.82) is 0 Å². The number of thioether (sulfide) groups is 1. The smallest absolute Gasteiger partial charge is 0.322 e. The lowest BCUT2D eigenvalue weighted by Crippen LogP contribution is -2.29. The van der Waals surface area contributed by atoms with Crippen molar-refractivity contribution in [3.05, 3.63) is 66.2 Å². The van der Waals surface area contributed by atoms with Gasteiger partial charge in [-0.05, 0) is 30.5 Å². The normalized spacial score (nSPS) is 10.3. The van der Waals surface area contributed by atoms with Crippen molar-refractivity contribution < 1.29 is 14.7 Å². The number of carboxylic acids is 1. The fraction of sp³-hybridized carbons (Fsp3) is 0.100. The number of hydrogen-bond acceptors (Lipinski definition) is 6. The molecule has 0 aliphatic rings. The molecule has 3 N–H and O–H groups in total. The Morgan fingerprint density at radius 3 is 2.39 bits per heavy atom. The number of aromatic nitrogens is 2. The third-order valence-corrected chi connectivity index (χ3v) is 4.33. The van der Waals surface area contributed by atoms with Gasteiger partial charge in [-0.25, -0.2) is 9.97 Å². The minimum Gasteiger partial charge on any atom is -0.480 e. The molecule has 1 amide bonds. The maximum atomic E-state index is 11.9. The number of hydrogen-bond donors (Lipinski definition) is 3. The molecule has 0 saturated heterocycles. The highest BCUT2D eigenvalue weighted by molar-refractivity contribution is 7.98. The Kier molecular flexibility index (Phi) is 6.23. The Balaban J connectivity index is 1.78. The van der Waals surface area contributed by atoms with Crippen molar-refractivity contribution in [1.82, 2.24) is 15.3 Å². The van der Waals surface area contributed by atoms with E-state index >= 15 is 0 Å². The van der Waals surface area contributed by atoms with Gasteiger partial charge in [0.15, 0.2) is 5.16 Å². The molecule has 3 aromatic rings. The zero-order valence-electron chi connectivity index (χ0n) is 15.0. The lowest BCUT2D eigenvalue weighted by molar-refractivity contribution is -0.135. The number of nitrogens with zero attached hydrogens (tertiary/aromatic N) is 2. The van der Waals surface area contributed by atoms with E-state index in [2.05, 4.69) is 20.6 Å². The van der Waals surface area contributed by atoms with Crippen LogP contribution >= 0.6 is 11.8 Å². The number of carboxylic acid groups (broad SMARTS) is 1. The number of aliphatic carboxylic acids is 1. The first-order valence-corrected chi connectivity index (χ1v) is 9.63. The van der Waals surface area contributed by atoms with Gasteiger partial charge in [0.1, 0.15) is 12.4 Å². The van der Waals surface area contributed by atoms with E-state index in [0.717, 1.165) is 16.9 Å². The van der Waals surface area contributed by atoms with Gasteiger partial charge in [-0.2, -0.15) is 0 Å². The van der Waals surface area contributed by atoms with Gasteiger partial charge in [0.25, 0.3) is 5.91 Å². The largest absolute Gasteiger partial charge is 0.480 e. The summed E-state index contributed by atoms with van der Waals surface area (Å²) < 4.78 is 0. The zero-order chi connectivity index (χ0) is 19.9. The highest BCUT2D eigenvalue weighted by atomic mass is 32.2. The minimum atomic E-state index is -1.09. The van der Waals surface area contributed by atoms with E-state index in [9.17, 15) is 9.59 Å². The topological polar surface area (TPSA) is 104 Å². The quantitative estimate of drug-likeness (QED) is 0.417. The second-order valence-electron chi connectivity index (χ2n) is 5.77. The van der Waals surface area contributed by atoms with Gasteiger partial charge < -0.3 is 15.7 Å². The van der Waals surface area contributed by atoms with Crippen LogP contribution in [0, 0.1) is 0 Å². The number of amides is 1. The van der Waals surface area contributed by atoms with E-state index in [0.29, 0.717) is 16.5 Å². The minimum absolute atomic E-state index is 0.379. The van der Waals surface area contributed by atoms with E-state index < -0.39 is 18.4 Å². The summed E-state index contributed by atoms with van der Waals surface area (Å²) in [5, 5.41) is 14.8. The third-order valence-electron chi connectivity index (χ3n) is 3.78. The number of carbonyl (C=O) groups is 2. The number of rotatable bonds is 7. The SMILES string of the molecule is CSc1nc(Nc2ccc(C(=O)NCC(=O)O)cc2)cc(-c2ccccc2)n1. The van der Waals surface area contributed by atoms with Crippen LogP contribution in [0.15, 0.2) is 65.8 Å². The van der Waals surface area contributed by atoms with Gasteiger partial charge >= 0.3 is 5.97 Å². The molecule has 0 unspecified atom stereocenters. The molecule has 0 bridgehead atoms. The molecular formula is C20H18N4O3S. The van der Waals surface area contributed by atoms with E-state index in [1.165, 1.54) is 11.8 Å². The molecule has 1 heterocycles. The summed E-state index contributed by atoms with van der Waals surface area (Å²) in [6.07, 6.45) is 1.92. The molecule has 0 atom stereocenters. The maximum Gasteiger partial charge on any atom is 0.322 e. The summed E-state index contributed by atoms with van der Waals surface area (Å²) in [5.74, 6) is -0.887. The Morgan fingerprint density at radius 2 is 1.75 bits per heavy atom. The average molecular weight is 394 g/mol. The second kappa shape index (κ2) is 9.01. The predicted octanol–water partition coefficient (Wildman–Crippen LogP) is 3.42. The molecule has 8 heteroatoms. The van der Waals surface area contributed by atoms with Gasteiger partial charge in [0.05, 0.1) is 5.69 Å². The van der Waals surface area contributed by atoms with Crippen LogP contribution in [0.25, 0.3) is 11.3 Å². The molecule has 142 valence electrons. The zero-order valence-corrected chi connectivity index (χ0v) is 15.9. The molecule has 0 radical (unpaired) electrons. The summed E-state index contributed by atoms with van der Waals surface area (Å²) in [5.41, 5.74) is 2.93. The van der Waals surface area contributed by atoms with Crippen LogP contribution in [-0.2, 0) is 4.79 Å². The van der Waals surface area contributed by atoms with Crippen molar-refractivity contribution in [2.75, 3.05) is 18.1 Å². The third kappa shape index (κ3) is 5.08. The van der Waals surface area contributed by atoms with E-state index in [1.54, 1.807) is 24.3 Å². The molecule has 2 aromatic carbocycles. The summed E-state index contributed by atoms with van der Waals surface area (Å²) in [7, 11) is 0. The molecule has 3 rings (SSSR count). The molecule has 28 heavy (non-hydrogen) atoms. The number of benzene rings is 2. The Labute approximate surface area is 166 Å². The lowest BCUT2D eigenvalue weighted by Gasteiger charge is -2.10. The average Bonchev–Trinajstić information content (AvgIpc) is 2.73. The van der Waals surface area contributed by atoms with Crippen molar-refractivity contribution in [3.8, 4) is 11.3 Å². The van der Waals surface area contributed by atoms with Crippen molar-refractivity contribution in [2.45, 2.75) is 5.16 Å². The first kappa shape index (κ1) is 19.4. The molecular weight excluding hydrogens is 376 g/mol. The van der Waals surface area contributed by atoms with Crippen LogP contribution in [0.4, 0.5) is 11.5 Å². The van der Waals surface area contributed by atoms with Gasteiger partial charge in [0.2, 0.25) is 0 Å². The first-order chi connectivity index (χ1) is 13.5. The van der Waals surface area contributed by atoms with E-state index in [4.69, 9.17) is 5.11 Å². The summed E-state index contributed by atoms with van der Waals surface area (Å²) >= 11 is 1.45. The van der Waals surface area contributed by atoms with Crippen LogP contribution in [-0.4, -0.2) is 39.8 Å². The molecule has 0 spiro atoms. The first-order valence-electron chi connectivity index (χ1n) is 8.41. The van der Waals surface area contributed by atoms with Gasteiger partial charge in [0, 0.05) is 22.9 Å². The molecule has 0 aliphatic carbocycles. The highest BCUT2D eigenvalue weighted by Gasteiger charge is 2.09. The van der Waals surface area contributed by atoms with E-state index in [-0.39, 0.29) is 0 Å². The standard InChI is InChI=1S/C20H18N4O3S/c1-28-20-23-16(13-5-3-2-4-6-13)11-17(24-20)22-15-9-7-14(8-10-15)19(27)21-12-18(25)26/h2-11H,12H2,1H3,(H,21,27)(H,25,26)(H,22,23,24). The van der Waals surface area contributed by atoms with Crippen LogP contribution in [0.1, 0.15) is 10.4 Å². The number of nitrogens with one attached hydrogen (secondary N) is 2. The predicted molar refractivity (Wildman–Crippen MR) is 109 cm³/mol. The van der Waals surface area contributed by atoms with Crippen molar-refractivity contribution >= 4 is 35.1 Å². The fourth-order valence-electron chi connectivity index (χ4n) is 2.45. The number of carbonyl (C=O) groups excluding carboxylic acids is 1. The van der Waals surface area contributed by atoms with Crippen LogP contribution in [0.2, 0.25) is 0 Å². The monoisotopic (exact) mass is 394 g/mol. The Morgan fingerprint density at radius 1 is 1.04 bits per heavy atom. The fourth-order valence-corrected chi connectivity index (χ4v) is 2.83. The molecule has 0 fully saturated rings. The van der Waals surface area contributed by atoms with Crippen LogP contribution in [0.5, 0.6) is 0 Å².